The zero-order chi connectivity index (χ0) is 6.15. The van der Waals surface area contributed by atoms with Gasteiger partial charge in [0, 0.05) is 0 Å². The van der Waals surface area contributed by atoms with Crippen molar-refractivity contribution in [3.8, 4) is 0 Å². The van der Waals surface area contributed by atoms with E-state index in [9.17, 15) is 4.79 Å². The maximum absolute atomic E-state index is 10.5. The molecule has 0 heterocycles. The lowest BCUT2D eigenvalue weighted by Gasteiger charge is -2.01. The van der Waals surface area contributed by atoms with Gasteiger partial charge >= 0.3 is 0 Å². The fourth-order valence-electron chi connectivity index (χ4n) is 0.787. The van der Waals surface area contributed by atoms with Crippen LogP contribution in [0.25, 0.3) is 0 Å². The van der Waals surface area contributed by atoms with Crippen LogP contribution in [0.1, 0.15) is 19.8 Å². The number of nitrogens with two attached hydrogens (primary N) is 1. The van der Waals surface area contributed by atoms with E-state index in [0.717, 1.165) is 12.8 Å². The van der Waals surface area contributed by atoms with Gasteiger partial charge in [0.1, 0.15) is 5.78 Å². The van der Waals surface area contributed by atoms with E-state index in [0.29, 0.717) is 5.92 Å². The van der Waals surface area contributed by atoms with E-state index in [4.69, 9.17) is 5.73 Å². The van der Waals surface area contributed by atoms with Crippen LogP contribution in [-0.2, 0) is 4.79 Å². The molecule has 0 spiro atoms. The summed E-state index contributed by atoms with van der Waals surface area (Å²) in [6.45, 7) is 1.56. The van der Waals surface area contributed by atoms with Gasteiger partial charge in [-0.1, -0.05) is 0 Å². The van der Waals surface area contributed by atoms with Gasteiger partial charge in [-0.05, 0) is 25.7 Å². The molecule has 1 fully saturated rings. The van der Waals surface area contributed by atoms with Gasteiger partial charge < -0.3 is 5.73 Å². The third-order valence-electron chi connectivity index (χ3n) is 1.60. The van der Waals surface area contributed by atoms with Crippen LogP contribution >= 0.6 is 0 Å². The Balaban J connectivity index is 2.32. The Bertz CT molecular complexity index is 107. The molecule has 8 heavy (non-hydrogen) atoms. The molecule has 0 aromatic heterocycles. The normalized spacial score (nSPS) is 22.8. The molecule has 2 nitrogen and oxygen atoms in total. The summed E-state index contributed by atoms with van der Waals surface area (Å²) >= 11 is 0. The van der Waals surface area contributed by atoms with Crippen molar-refractivity contribution in [1.82, 2.24) is 0 Å². The molecule has 1 aliphatic carbocycles. The molecule has 1 atom stereocenters. The average molecular weight is 113 g/mol. The molecule has 0 saturated heterocycles. The monoisotopic (exact) mass is 113 g/mol. The Labute approximate surface area is 49.1 Å². The quantitative estimate of drug-likeness (QED) is 0.560. The molecule has 2 N–H and O–H groups in total. The highest BCUT2D eigenvalue weighted by Gasteiger charge is 2.30. The predicted molar refractivity (Wildman–Crippen MR) is 31.4 cm³/mol. The summed E-state index contributed by atoms with van der Waals surface area (Å²) in [5.41, 5.74) is 5.47. The molecule has 0 bridgehead atoms. The second-order valence-electron chi connectivity index (χ2n) is 2.47. The Morgan fingerprint density at radius 2 is 2.25 bits per heavy atom. The minimum Gasteiger partial charge on any atom is -0.321 e. The fourth-order valence-corrected chi connectivity index (χ4v) is 0.787. The maximum Gasteiger partial charge on any atom is 0.146 e. The van der Waals surface area contributed by atoms with E-state index in [2.05, 4.69) is 0 Å². The van der Waals surface area contributed by atoms with Gasteiger partial charge in [-0.15, -0.1) is 0 Å². The Morgan fingerprint density at radius 3 is 2.38 bits per heavy atom. The van der Waals surface area contributed by atoms with Crippen molar-refractivity contribution in [3.63, 3.8) is 0 Å². The van der Waals surface area contributed by atoms with Gasteiger partial charge in [-0.25, -0.2) is 0 Å². The highest BCUT2D eigenvalue weighted by molar-refractivity contribution is 5.81. The second-order valence-corrected chi connectivity index (χ2v) is 2.47. The average Bonchev–Trinajstić information content (AvgIpc) is 2.43. The lowest BCUT2D eigenvalue weighted by atomic mass is 10.1. The molecule has 1 rings (SSSR count). The maximum atomic E-state index is 10.5. The second kappa shape index (κ2) is 1.86. The van der Waals surface area contributed by atoms with E-state index in [1.54, 1.807) is 6.92 Å². The van der Waals surface area contributed by atoms with Crippen LogP contribution in [0.15, 0.2) is 0 Å². The van der Waals surface area contributed by atoms with Gasteiger partial charge in [0.15, 0.2) is 0 Å². The molecule has 0 aromatic carbocycles. The molecular weight excluding hydrogens is 102 g/mol. The van der Waals surface area contributed by atoms with Gasteiger partial charge in [-0.2, -0.15) is 0 Å². The van der Waals surface area contributed by atoms with Crippen molar-refractivity contribution >= 4 is 5.78 Å². The first kappa shape index (κ1) is 5.76. The van der Waals surface area contributed by atoms with Crippen molar-refractivity contribution in [2.75, 3.05) is 0 Å². The van der Waals surface area contributed by atoms with Crippen LogP contribution in [0.2, 0.25) is 0 Å². The van der Waals surface area contributed by atoms with E-state index in [1.165, 1.54) is 0 Å². The van der Waals surface area contributed by atoms with Gasteiger partial charge in [0.2, 0.25) is 0 Å². The van der Waals surface area contributed by atoms with E-state index in [-0.39, 0.29) is 11.8 Å². The standard InChI is InChI=1S/C6H11NO/c1-4(8)6(7)5-2-3-5/h5-6H,2-3,7H2,1H3. The van der Waals surface area contributed by atoms with Gasteiger partial charge in [0.05, 0.1) is 6.04 Å². The third kappa shape index (κ3) is 1.07. The zero-order valence-corrected chi connectivity index (χ0v) is 5.05. The first-order valence-electron chi connectivity index (χ1n) is 2.98. The summed E-state index contributed by atoms with van der Waals surface area (Å²) in [5.74, 6) is 0.653. The molecule has 1 aliphatic rings. The summed E-state index contributed by atoms with van der Waals surface area (Å²) < 4.78 is 0. The van der Waals surface area contributed by atoms with Crippen LogP contribution in [0.4, 0.5) is 0 Å². The molecule has 0 radical (unpaired) electrons. The van der Waals surface area contributed by atoms with Crippen molar-refractivity contribution in [2.45, 2.75) is 25.8 Å². The minimum absolute atomic E-state index is 0.132. The molecule has 1 saturated carbocycles. The Hall–Kier alpha value is -0.370. The number of rotatable bonds is 2. The van der Waals surface area contributed by atoms with E-state index >= 15 is 0 Å². The summed E-state index contributed by atoms with van der Waals surface area (Å²) in [4.78, 5) is 10.5. The predicted octanol–water partition coefficient (Wildman–Crippen LogP) is 0.313. The first-order chi connectivity index (χ1) is 3.72. The topological polar surface area (TPSA) is 43.1 Å². The largest absolute Gasteiger partial charge is 0.321 e. The van der Waals surface area contributed by atoms with Crippen LogP contribution in [0.3, 0.4) is 0 Å². The minimum atomic E-state index is -0.157. The van der Waals surface area contributed by atoms with Crippen LogP contribution in [0.5, 0.6) is 0 Å². The fraction of sp³-hybridized carbons (Fsp3) is 0.833. The molecule has 0 aliphatic heterocycles. The summed E-state index contributed by atoms with van der Waals surface area (Å²) in [6, 6.07) is -0.157. The van der Waals surface area contributed by atoms with E-state index < -0.39 is 0 Å². The number of hydrogen-bond acceptors (Lipinski definition) is 2. The number of Topliss-reactive ketones (excluding diaryl/α,β-unsaturated/α-hetero) is 1. The molecular formula is C6H11NO. The van der Waals surface area contributed by atoms with Gasteiger partial charge in [-0.3, -0.25) is 4.79 Å². The Morgan fingerprint density at radius 1 is 1.75 bits per heavy atom. The molecule has 1 unspecified atom stereocenters. The molecule has 0 amide bonds. The van der Waals surface area contributed by atoms with Crippen LogP contribution < -0.4 is 5.73 Å². The smallest absolute Gasteiger partial charge is 0.146 e. The van der Waals surface area contributed by atoms with Crippen molar-refractivity contribution in [1.29, 1.82) is 0 Å². The number of hydrogen-bond donors (Lipinski definition) is 1. The highest BCUT2D eigenvalue weighted by atomic mass is 16.1. The number of carbonyl (C=O) groups excluding carboxylic acids is 1. The number of carbonyl (C=O) groups is 1. The van der Waals surface area contributed by atoms with Gasteiger partial charge in [0.25, 0.3) is 0 Å². The lowest BCUT2D eigenvalue weighted by molar-refractivity contribution is -0.118. The Kier molecular flexibility index (Phi) is 1.34. The summed E-state index contributed by atoms with van der Waals surface area (Å²) in [7, 11) is 0. The zero-order valence-electron chi connectivity index (χ0n) is 5.05. The van der Waals surface area contributed by atoms with E-state index in [1.807, 2.05) is 0 Å². The molecule has 2 heteroatoms. The van der Waals surface area contributed by atoms with Crippen molar-refractivity contribution in [2.24, 2.45) is 11.7 Å². The van der Waals surface area contributed by atoms with Crippen LogP contribution in [0, 0.1) is 5.92 Å². The number of ketones is 1. The third-order valence-corrected chi connectivity index (χ3v) is 1.60. The van der Waals surface area contributed by atoms with Crippen LogP contribution in [-0.4, -0.2) is 11.8 Å². The SMILES string of the molecule is CC(=O)C(N)C1CC1. The lowest BCUT2D eigenvalue weighted by Crippen LogP contribution is -2.30. The summed E-state index contributed by atoms with van der Waals surface area (Å²) in [6.07, 6.45) is 2.31. The highest BCUT2D eigenvalue weighted by Crippen LogP contribution is 2.31. The van der Waals surface area contributed by atoms with Crippen molar-refractivity contribution in [3.05, 3.63) is 0 Å². The summed E-state index contributed by atoms with van der Waals surface area (Å²) in [5, 5.41) is 0. The van der Waals surface area contributed by atoms with Crippen molar-refractivity contribution < 1.29 is 4.79 Å². The first-order valence-corrected chi connectivity index (χ1v) is 2.98. The molecule has 46 valence electrons. The molecule has 0 aromatic rings.